The van der Waals surface area contributed by atoms with Crippen LogP contribution in [0.25, 0.3) is 6.08 Å². The number of ether oxygens (including phenoxy) is 2. The first-order valence-corrected chi connectivity index (χ1v) is 7.73. The van der Waals surface area contributed by atoms with Crippen molar-refractivity contribution >= 4 is 18.0 Å². The summed E-state index contributed by atoms with van der Waals surface area (Å²) in [7, 11) is 0. The molecule has 1 aromatic carbocycles. The summed E-state index contributed by atoms with van der Waals surface area (Å²) in [6, 6.07) is 10.0. The number of carbonyl (C=O) groups is 2. The summed E-state index contributed by atoms with van der Waals surface area (Å²) in [4.78, 5) is 22.3. The summed E-state index contributed by atoms with van der Waals surface area (Å²) in [5.41, 5.74) is 1.32. The van der Waals surface area contributed by atoms with E-state index in [2.05, 4.69) is 13.2 Å². The van der Waals surface area contributed by atoms with Crippen LogP contribution in [-0.4, -0.2) is 25.2 Å². The van der Waals surface area contributed by atoms with Crippen molar-refractivity contribution in [3.63, 3.8) is 0 Å². The maximum absolute atomic E-state index is 11.2. The molecule has 0 unspecified atom stereocenters. The molecule has 4 nitrogen and oxygen atoms in total. The Morgan fingerprint density at radius 1 is 1.04 bits per heavy atom. The fourth-order valence-electron chi connectivity index (χ4n) is 1.40. The van der Waals surface area contributed by atoms with Gasteiger partial charge in [0, 0.05) is 5.57 Å². The summed E-state index contributed by atoms with van der Waals surface area (Å²) >= 11 is 0. The van der Waals surface area contributed by atoms with Crippen LogP contribution in [0.15, 0.2) is 49.1 Å². The lowest BCUT2D eigenvalue weighted by Crippen LogP contribution is -2.13. The molecule has 0 fully saturated rings. The second-order valence-electron chi connectivity index (χ2n) is 4.75. The molecule has 0 saturated carbocycles. The minimum Gasteiger partial charge on any atom is -0.465 e. The predicted molar refractivity (Wildman–Crippen MR) is 92.8 cm³/mol. The van der Waals surface area contributed by atoms with Gasteiger partial charge in [-0.25, -0.2) is 4.79 Å². The van der Waals surface area contributed by atoms with Gasteiger partial charge >= 0.3 is 11.9 Å². The quantitative estimate of drug-likeness (QED) is 0.533. The summed E-state index contributed by atoms with van der Waals surface area (Å²) in [6.45, 7) is 11.6. The van der Waals surface area contributed by atoms with Gasteiger partial charge in [-0.15, -0.1) is 0 Å². The van der Waals surface area contributed by atoms with Gasteiger partial charge in [0.15, 0.2) is 0 Å². The Labute approximate surface area is 138 Å². The molecule has 0 N–H and O–H groups in total. The molecule has 126 valence electrons. The largest absolute Gasteiger partial charge is 0.465 e. The highest BCUT2D eigenvalue weighted by molar-refractivity contribution is 5.93. The van der Waals surface area contributed by atoms with Crippen molar-refractivity contribution in [3.05, 3.63) is 54.6 Å². The first-order valence-electron chi connectivity index (χ1n) is 7.73. The molecule has 0 bridgehead atoms. The molecule has 0 atom stereocenters. The Kier molecular flexibility index (Phi) is 11.9. The molecule has 0 aromatic heterocycles. The maximum Gasteiger partial charge on any atom is 0.333 e. The van der Waals surface area contributed by atoms with E-state index in [4.69, 9.17) is 9.47 Å². The van der Waals surface area contributed by atoms with Gasteiger partial charge in [0.1, 0.15) is 0 Å². The van der Waals surface area contributed by atoms with Crippen LogP contribution in [0.5, 0.6) is 0 Å². The van der Waals surface area contributed by atoms with E-state index < -0.39 is 11.9 Å². The van der Waals surface area contributed by atoms with Gasteiger partial charge in [-0.3, -0.25) is 4.79 Å². The standard InChI is InChI=1S/C11H18O4.C8H8/c1-4-6-14-10(12)8-9(3)11(13)15-7-5-2;1-2-8-6-4-3-5-7-8/h3-8H2,1-2H3;2-7H,1H2. The van der Waals surface area contributed by atoms with Crippen molar-refractivity contribution in [2.75, 3.05) is 13.2 Å². The molecule has 0 saturated heterocycles. The molecule has 4 heteroatoms. The minimum absolute atomic E-state index is 0.0947. The van der Waals surface area contributed by atoms with Crippen LogP contribution in [0, 0.1) is 0 Å². The molecule has 0 amide bonds. The molecule has 0 heterocycles. The lowest BCUT2D eigenvalue weighted by molar-refractivity contribution is -0.146. The van der Waals surface area contributed by atoms with Crippen molar-refractivity contribution in [1.29, 1.82) is 0 Å². The SMILES string of the molecule is C=C(CC(=O)OCCC)C(=O)OCCC.C=Cc1ccccc1. The summed E-state index contributed by atoms with van der Waals surface area (Å²) < 4.78 is 9.62. The van der Waals surface area contributed by atoms with E-state index in [1.807, 2.05) is 50.3 Å². The van der Waals surface area contributed by atoms with Crippen LogP contribution in [0.1, 0.15) is 38.7 Å². The Morgan fingerprint density at radius 2 is 1.61 bits per heavy atom. The third kappa shape index (κ3) is 10.9. The van der Waals surface area contributed by atoms with Crippen molar-refractivity contribution < 1.29 is 19.1 Å². The first kappa shape index (κ1) is 20.6. The van der Waals surface area contributed by atoms with E-state index in [-0.39, 0.29) is 12.0 Å². The number of carbonyl (C=O) groups excluding carboxylic acids is 2. The fraction of sp³-hybridized carbons (Fsp3) is 0.368. The zero-order valence-electron chi connectivity index (χ0n) is 14.0. The highest BCUT2D eigenvalue weighted by Crippen LogP contribution is 2.03. The van der Waals surface area contributed by atoms with Gasteiger partial charge in [0.25, 0.3) is 0 Å². The lowest BCUT2D eigenvalue weighted by atomic mass is 10.2. The Hall–Kier alpha value is -2.36. The van der Waals surface area contributed by atoms with Gasteiger partial charge in [0.2, 0.25) is 0 Å². The third-order valence-corrected chi connectivity index (χ3v) is 2.59. The number of esters is 2. The van der Waals surface area contributed by atoms with Crippen molar-refractivity contribution in [3.8, 4) is 0 Å². The van der Waals surface area contributed by atoms with E-state index in [1.54, 1.807) is 0 Å². The second-order valence-corrected chi connectivity index (χ2v) is 4.75. The van der Waals surface area contributed by atoms with E-state index in [0.29, 0.717) is 13.2 Å². The fourth-order valence-corrected chi connectivity index (χ4v) is 1.40. The number of hydrogen-bond acceptors (Lipinski definition) is 4. The molecule has 0 aliphatic carbocycles. The van der Waals surface area contributed by atoms with Gasteiger partial charge in [-0.2, -0.15) is 0 Å². The van der Waals surface area contributed by atoms with E-state index in [1.165, 1.54) is 5.56 Å². The highest BCUT2D eigenvalue weighted by atomic mass is 16.5. The molecule has 0 aliphatic rings. The molecule has 1 aromatic rings. The molecule has 0 radical (unpaired) electrons. The average molecular weight is 318 g/mol. The van der Waals surface area contributed by atoms with Crippen LogP contribution >= 0.6 is 0 Å². The van der Waals surface area contributed by atoms with Gasteiger partial charge < -0.3 is 9.47 Å². The van der Waals surface area contributed by atoms with Gasteiger partial charge in [-0.05, 0) is 18.4 Å². The zero-order valence-corrected chi connectivity index (χ0v) is 14.0. The van der Waals surface area contributed by atoms with Gasteiger partial charge in [0.05, 0.1) is 19.6 Å². The Bertz CT molecular complexity index is 491. The van der Waals surface area contributed by atoms with Crippen LogP contribution in [0.4, 0.5) is 0 Å². The third-order valence-electron chi connectivity index (χ3n) is 2.59. The highest BCUT2D eigenvalue weighted by Gasteiger charge is 2.13. The average Bonchev–Trinajstić information content (AvgIpc) is 2.58. The number of hydrogen-bond donors (Lipinski definition) is 0. The number of rotatable bonds is 8. The molecule has 0 aliphatic heterocycles. The normalized spacial score (nSPS) is 9.13. The minimum atomic E-state index is -0.523. The topological polar surface area (TPSA) is 52.6 Å². The molecular formula is C19H26O4. The van der Waals surface area contributed by atoms with Crippen LogP contribution in [-0.2, 0) is 19.1 Å². The summed E-state index contributed by atoms with van der Waals surface area (Å²) in [5.74, 6) is -0.958. The van der Waals surface area contributed by atoms with E-state index >= 15 is 0 Å². The van der Waals surface area contributed by atoms with Crippen molar-refractivity contribution in [2.45, 2.75) is 33.1 Å². The van der Waals surface area contributed by atoms with Crippen LogP contribution in [0.2, 0.25) is 0 Å². The first-order chi connectivity index (χ1) is 11.0. The summed E-state index contributed by atoms with van der Waals surface area (Å²) in [6.07, 6.45) is 3.25. The molecule has 23 heavy (non-hydrogen) atoms. The smallest absolute Gasteiger partial charge is 0.333 e. The molecule has 0 spiro atoms. The van der Waals surface area contributed by atoms with Crippen LogP contribution in [0.3, 0.4) is 0 Å². The lowest BCUT2D eigenvalue weighted by Gasteiger charge is -2.06. The predicted octanol–water partition coefficient (Wildman–Crippen LogP) is 4.17. The van der Waals surface area contributed by atoms with E-state index in [9.17, 15) is 9.59 Å². The van der Waals surface area contributed by atoms with E-state index in [0.717, 1.165) is 12.8 Å². The summed E-state index contributed by atoms with van der Waals surface area (Å²) in [5, 5.41) is 0. The van der Waals surface area contributed by atoms with Crippen molar-refractivity contribution in [2.24, 2.45) is 0 Å². The maximum atomic E-state index is 11.2. The monoisotopic (exact) mass is 318 g/mol. The van der Waals surface area contributed by atoms with Gasteiger partial charge in [-0.1, -0.05) is 63.4 Å². The Morgan fingerprint density at radius 3 is 2.09 bits per heavy atom. The zero-order chi connectivity index (χ0) is 17.5. The van der Waals surface area contributed by atoms with Crippen molar-refractivity contribution in [1.82, 2.24) is 0 Å². The van der Waals surface area contributed by atoms with Crippen LogP contribution < -0.4 is 0 Å². The Balaban J connectivity index is 0.000000502. The number of benzene rings is 1. The molecule has 1 rings (SSSR count). The molecular weight excluding hydrogens is 292 g/mol. The second kappa shape index (κ2) is 13.3.